The number of aromatic nitrogens is 2. The molecule has 2 rings (SSSR count). The van der Waals surface area contributed by atoms with Crippen molar-refractivity contribution < 1.29 is 27.2 Å². The smallest absolute Gasteiger partial charge is 0.264 e. The van der Waals surface area contributed by atoms with Crippen molar-refractivity contribution in [3.63, 3.8) is 0 Å². The molecule has 0 saturated carbocycles. The molecule has 132 valence electrons. The van der Waals surface area contributed by atoms with Crippen LogP contribution in [0.1, 0.15) is 11.1 Å². The highest BCUT2D eigenvalue weighted by molar-refractivity contribution is 7.85. The normalized spacial score (nSPS) is 10.5. The lowest BCUT2D eigenvalue weighted by atomic mass is 10.3. The summed E-state index contributed by atoms with van der Waals surface area (Å²) in [6.07, 6.45) is 4.13. The zero-order valence-corrected chi connectivity index (χ0v) is 14.5. The second kappa shape index (κ2) is 9.81. The standard InChI is InChI=1S/C8H11NO4S.C7H9NO2/c1-12-8-5-7(3-4-9-8)6-13-14(2,10)11;1-10-7-4-6(5-9)2-3-8-7/h3-5H,6H2,1-2H3;2-4,9H,5H2,1H3. The van der Waals surface area contributed by atoms with E-state index in [1.807, 2.05) is 0 Å². The zero-order valence-electron chi connectivity index (χ0n) is 13.7. The molecule has 0 fully saturated rings. The van der Waals surface area contributed by atoms with Crippen LogP contribution in [0, 0.1) is 0 Å². The summed E-state index contributed by atoms with van der Waals surface area (Å²) in [5, 5.41) is 8.67. The second-order valence-corrected chi connectivity index (χ2v) is 6.18. The molecule has 0 aliphatic carbocycles. The van der Waals surface area contributed by atoms with E-state index in [-0.39, 0.29) is 13.2 Å². The number of pyridine rings is 2. The molecule has 0 radical (unpaired) electrons. The molecule has 0 amide bonds. The third-order valence-electron chi connectivity index (χ3n) is 2.64. The van der Waals surface area contributed by atoms with E-state index in [4.69, 9.17) is 14.6 Å². The van der Waals surface area contributed by atoms with Gasteiger partial charge in [0.15, 0.2) is 0 Å². The van der Waals surface area contributed by atoms with Gasteiger partial charge in [-0.05, 0) is 23.3 Å². The molecule has 2 aromatic heterocycles. The average Bonchev–Trinajstić information content (AvgIpc) is 2.60. The maximum absolute atomic E-state index is 10.7. The Balaban J connectivity index is 0.000000254. The van der Waals surface area contributed by atoms with Gasteiger partial charge in [-0.3, -0.25) is 4.18 Å². The van der Waals surface area contributed by atoms with Crippen LogP contribution in [0.3, 0.4) is 0 Å². The fraction of sp³-hybridized carbons (Fsp3) is 0.333. The first-order valence-electron chi connectivity index (χ1n) is 6.81. The number of hydrogen-bond donors (Lipinski definition) is 1. The van der Waals surface area contributed by atoms with Crippen molar-refractivity contribution in [1.82, 2.24) is 9.97 Å². The summed E-state index contributed by atoms with van der Waals surface area (Å²) in [5.74, 6) is 0.964. The summed E-state index contributed by atoms with van der Waals surface area (Å²) in [6.45, 7) is 0.0244. The minimum Gasteiger partial charge on any atom is -0.481 e. The molecule has 0 aliphatic rings. The molecule has 0 bridgehead atoms. The summed E-state index contributed by atoms with van der Waals surface area (Å²) >= 11 is 0. The molecule has 0 saturated heterocycles. The van der Waals surface area contributed by atoms with Gasteiger partial charge in [0.1, 0.15) is 0 Å². The Labute approximate surface area is 141 Å². The van der Waals surface area contributed by atoms with E-state index in [1.165, 1.54) is 13.3 Å². The predicted octanol–water partition coefficient (Wildman–Crippen LogP) is 1.15. The van der Waals surface area contributed by atoms with Crippen LogP contribution in [0.25, 0.3) is 0 Å². The van der Waals surface area contributed by atoms with Crippen molar-refractivity contribution in [2.75, 3.05) is 20.5 Å². The Morgan fingerprint density at radius 3 is 1.96 bits per heavy atom. The van der Waals surface area contributed by atoms with Crippen molar-refractivity contribution in [1.29, 1.82) is 0 Å². The topological polar surface area (TPSA) is 108 Å². The molecule has 0 unspecified atom stereocenters. The first-order chi connectivity index (χ1) is 11.4. The van der Waals surface area contributed by atoms with Crippen molar-refractivity contribution in [3.05, 3.63) is 47.8 Å². The van der Waals surface area contributed by atoms with E-state index >= 15 is 0 Å². The van der Waals surface area contributed by atoms with Crippen LogP contribution < -0.4 is 9.47 Å². The molecule has 8 nitrogen and oxygen atoms in total. The molecule has 0 aliphatic heterocycles. The Kier molecular flexibility index (Phi) is 8.10. The molecule has 0 aromatic carbocycles. The van der Waals surface area contributed by atoms with Gasteiger partial charge in [-0.15, -0.1) is 0 Å². The minimum absolute atomic E-state index is 0.00227. The molecule has 0 spiro atoms. The summed E-state index contributed by atoms with van der Waals surface area (Å²) < 4.78 is 35.7. The fourth-order valence-electron chi connectivity index (χ4n) is 1.49. The number of nitrogens with zero attached hydrogens (tertiary/aromatic N) is 2. The van der Waals surface area contributed by atoms with E-state index in [0.29, 0.717) is 17.3 Å². The Morgan fingerprint density at radius 2 is 1.50 bits per heavy atom. The predicted molar refractivity (Wildman–Crippen MR) is 87.1 cm³/mol. The van der Waals surface area contributed by atoms with Crippen LogP contribution in [0.2, 0.25) is 0 Å². The second-order valence-electron chi connectivity index (χ2n) is 4.54. The number of aliphatic hydroxyl groups is 1. The van der Waals surface area contributed by atoms with Crippen molar-refractivity contribution in [2.24, 2.45) is 0 Å². The molecule has 2 aromatic rings. The minimum atomic E-state index is -3.40. The summed E-state index contributed by atoms with van der Waals surface area (Å²) in [5.41, 5.74) is 1.51. The van der Waals surface area contributed by atoms with Gasteiger partial charge in [0.2, 0.25) is 11.8 Å². The molecular weight excluding hydrogens is 336 g/mol. The number of hydrogen-bond acceptors (Lipinski definition) is 8. The van der Waals surface area contributed by atoms with Crippen LogP contribution >= 0.6 is 0 Å². The number of rotatable bonds is 6. The van der Waals surface area contributed by atoms with Crippen molar-refractivity contribution in [3.8, 4) is 11.8 Å². The Morgan fingerprint density at radius 1 is 1.00 bits per heavy atom. The maximum Gasteiger partial charge on any atom is 0.264 e. The van der Waals surface area contributed by atoms with Gasteiger partial charge >= 0.3 is 0 Å². The largest absolute Gasteiger partial charge is 0.481 e. The van der Waals surface area contributed by atoms with E-state index in [9.17, 15) is 8.42 Å². The average molecular weight is 356 g/mol. The number of ether oxygens (including phenoxy) is 2. The van der Waals surface area contributed by atoms with Crippen LogP contribution in [-0.2, 0) is 27.5 Å². The van der Waals surface area contributed by atoms with E-state index in [0.717, 1.165) is 11.8 Å². The Bertz CT molecular complexity index is 717. The van der Waals surface area contributed by atoms with E-state index in [1.54, 1.807) is 37.6 Å². The lowest BCUT2D eigenvalue weighted by Crippen LogP contribution is -2.02. The fourth-order valence-corrected chi connectivity index (χ4v) is 1.84. The highest BCUT2D eigenvalue weighted by atomic mass is 32.2. The lowest BCUT2D eigenvalue weighted by molar-refractivity contribution is 0.280. The molecular formula is C15H20N2O6S. The molecule has 24 heavy (non-hydrogen) atoms. The third-order valence-corrected chi connectivity index (χ3v) is 3.19. The van der Waals surface area contributed by atoms with Crippen molar-refractivity contribution in [2.45, 2.75) is 13.2 Å². The van der Waals surface area contributed by atoms with Gasteiger partial charge in [-0.1, -0.05) is 0 Å². The van der Waals surface area contributed by atoms with Crippen LogP contribution in [0.5, 0.6) is 11.8 Å². The quantitative estimate of drug-likeness (QED) is 0.768. The molecule has 9 heteroatoms. The highest BCUT2D eigenvalue weighted by Crippen LogP contribution is 2.10. The van der Waals surface area contributed by atoms with Crippen LogP contribution in [-0.4, -0.2) is 44.0 Å². The third kappa shape index (κ3) is 7.86. The SMILES string of the molecule is COc1cc(CO)ccn1.COc1cc(COS(C)(=O)=O)ccn1. The van der Waals surface area contributed by atoms with Gasteiger partial charge in [0, 0.05) is 24.5 Å². The van der Waals surface area contributed by atoms with Gasteiger partial charge in [0.25, 0.3) is 10.1 Å². The molecule has 2 heterocycles. The van der Waals surface area contributed by atoms with Gasteiger partial charge in [0.05, 0.1) is 33.7 Å². The maximum atomic E-state index is 10.7. The van der Waals surface area contributed by atoms with E-state index in [2.05, 4.69) is 14.2 Å². The first-order valence-corrected chi connectivity index (χ1v) is 8.62. The van der Waals surface area contributed by atoms with Gasteiger partial charge < -0.3 is 14.6 Å². The molecule has 1 N–H and O–H groups in total. The van der Waals surface area contributed by atoms with Crippen LogP contribution in [0.4, 0.5) is 0 Å². The summed E-state index contributed by atoms with van der Waals surface area (Å²) in [7, 11) is -0.368. The molecule has 0 atom stereocenters. The van der Waals surface area contributed by atoms with Crippen LogP contribution in [0.15, 0.2) is 36.7 Å². The monoisotopic (exact) mass is 356 g/mol. The van der Waals surface area contributed by atoms with Crippen molar-refractivity contribution >= 4 is 10.1 Å². The number of methoxy groups -OCH3 is 2. The zero-order chi connectivity index (χ0) is 18.0. The van der Waals surface area contributed by atoms with Gasteiger partial charge in [-0.25, -0.2) is 9.97 Å². The lowest BCUT2D eigenvalue weighted by Gasteiger charge is -2.03. The van der Waals surface area contributed by atoms with E-state index < -0.39 is 10.1 Å². The Hall–Kier alpha value is -2.23. The highest BCUT2D eigenvalue weighted by Gasteiger charge is 2.03. The number of aliphatic hydroxyl groups excluding tert-OH is 1. The first kappa shape index (κ1) is 19.8. The summed E-state index contributed by atoms with van der Waals surface area (Å²) in [4.78, 5) is 7.75. The summed E-state index contributed by atoms with van der Waals surface area (Å²) in [6, 6.07) is 6.71. The van der Waals surface area contributed by atoms with Gasteiger partial charge in [-0.2, -0.15) is 8.42 Å².